The Bertz CT molecular complexity index is 293. The molecule has 1 aromatic rings. The monoisotopic (exact) mass is 182 g/mol. The number of nitrogen functional groups attached to an aromatic ring is 1. The second-order valence-corrected chi connectivity index (χ2v) is 4.56. The lowest BCUT2D eigenvalue weighted by atomic mass is 10.0. The molecule has 3 heteroatoms. The lowest BCUT2D eigenvalue weighted by Crippen LogP contribution is -2.28. The molecule has 66 valence electrons. The largest absolute Gasteiger partial charge is 0.391 e. The zero-order valence-corrected chi connectivity index (χ0v) is 8.32. The van der Waals surface area contributed by atoms with Crippen LogP contribution in [0, 0.1) is 0 Å². The topological polar surface area (TPSA) is 29.3 Å². The molecule has 0 aromatic carbocycles. The van der Waals surface area contributed by atoms with E-state index in [1.54, 1.807) is 11.3 Å². The molecule has 0 spiro atoms. The van der Waals surface area contributed by atoms with Gasteiger partial charge in [0.1, 0.15) is 0 Å². The molecule has 1 aliphatic rings. The van der Waals surface area contributed by atoms with Crippen molar-refractivity contribution in [3.63, 3.8) is 0 Å². The lowest BCUT2D eigenvalue weighted by molar-refractivity contribution is 0.252. The third-order valence-electron chi connectivity index (χ3n) is 2.64. The molecule has 0 radical (unpaired) electrons. The van der Waals surface area contributed by atoms with Crippen molar-refractivity contribution in [3.05, 3.63) is 16.5 Å². The van der Waals surface area contributed by atoms with Gasteiger partial charge in [-0.25, -0.2) is 0 Å². The van der Waals surface area contributed by atoms with Crippen molar-refractivity contribution in [3.8, 4) is 0 Å². The number of hydrogen-bond donors (Lipinski definition) is 1. The van der Waals surface area contributed by atoms with Gasteiger partial charge in [0.15, 0.2) is 0 Å². The highest BCUT2D eigenvalue weighted by Crippen LogP contribution is 2.36. The smallest absolute Gasteiger partial charge is 0.0862 e. The van der Waals surface area contributed by atoms with Gasteiger partial charge in [0.2, 0.25) is 0 Å². The van der Waals surface area contributed by atoms with Crippen molar-refractivity contribution in [1.29, 1.82) is 0 Å². The molecule has 2 N–H and O–H groups in total. The Balaban J connectivity index is 2.41. The van der Waals surface area contributed by atoms with Gasteiger partial charge in [-0.2, -0.15) is 0 Å². The van der Waals surface area contributed by atoms with Crippen molar-refractivity contribution in [2.24, 2.45) is 0 Å². The van der Waals surface area contributed by atoms with E-state index in [0.717, 1.165) is 18.0 Å². The minimum atomic E-state index is 0.552. The molecule has 0 saturated carbocycles. The number of rotatable bonds is 0. The summed E-state index contributed by atoms with van der Waals surface area (Å²) < 4.78 is 0. The molecule has 1 unspecified atom stereocenters. The molecule has 0 fully saturated rings. The molecule has 2 rings (SSSR count). The SMILES string of the molecule is CC1c2sc(N)cc2CCN1C. The number of thiophene rings is 1. The fourth-order valence-electron chi connectivity index (χ4n) is 1.70. The number of nitrogens with two attached hydrogens (primary N) is 1. The number of fused-ring (bicyclic) bond motifs is 1. The Morgan fingerprint density at radius 2 is 2.42 bits per heavy atom. The van der Waals surface area contributed by atoms with Crippen LogP contribution in [0.5, 0.6) is 0 Å². The number of nitrogens with zero attached hydrogens (tertiary/aromatic N) is 1. The number of likely N-dealkylation sites (N-methyl/N-ethyl adjacent to an activating group) is 1. The van der Waals surface area contributed by atoms with Crippen LogP contribution >= 0.6 is 11.3 Å². The molecule has 0 bridgehead atoms. The van der Waals surface area contributed by atoms with E-state index in [0.29, 0.717) is 6.04 Å². The number of hydrogen-bond acceptors (Lipinski definition) is 3. The molecule has 2 nitrogen and oxygen atoms in total. The fraction of sp³-hybridized carbons (Fsp3) is 0.556. The Morgan fingerprint density at radius 3 is 3.17 bits per heavy atom. The first kappa shape index (κ1) is 8.08. The molecule has 1 aliphatic heterocycles. The Labute approximate surface area is 77.0 Å². The first-order valence-corrected chi connectivity index (χ1v) is 5.08. The fourth-order valence-corrected chi connectivity index (χ4v) is 2.80. The van der Waals surface area contributed by atoms with Gasteiger partial charge < -0.3 is 5.73 Å². The van der Waals surface area contributed by atoms with Gasteiger partial charge in [-0.05, 0) is 32.0 Å². The van der Waals surface area contributed by atoms with Crippen molar-refractivity contribution in [2.75, 3.05) is 19.3 Å². The Morgan fingerprint density at radius 1 is 1.67 bits per heavy atom. The van der Waals surface area contributed by atoms with Gasteiger partial charge in [0, 0.05) is 17.5 Å². The summed E-state index contributed by atoms with van der Waals surface area (Å²) >= 11 is 1.74. The molecular formula is C9H14N2S. The maximum absolute atomic E-state index is 5.77. The number of anilines is 1. The van der Waals surface area contributed by atoms with Crippen LogP contribution in [0.25, 0.3) is 0 Å². The summed E-state index contributed by atoms with van der Waals surface area (Å²) in [7, 11) is 2.17. The van der Waals surface area contributed by atoms with Crippen LogP contribution < -0.4 is 5.73 Å². The highest BCUT2D eigenvalue weighted by Gasteiger charge is 2.22. The van der Waals surface area contributed by atoms with E-state index in [1.807, 2.05) is 0 Å². The zero-order chi connectivity index (χ0) is 8.72. The molecule has 12 heavy (non-hydrogen) atoms. The van der Waals surface area contributed by atoms with Crippen LogP contribution in [0.1, 0.15) is 23.4 Å². The predicted octanol–water partition coefficient (Wildman–Crippen LogP) is 1.88. The zero-order valence-electron chi connectivity index (χ0n) is 7.50. The summed E-state index contributed by atoms with van der Waals surface area (Å²) in [5, 5.41) is 0.960. The van der Waals surface area contributed by atoms with Gasteiger partial charge in [-0.3, -0.25) is 4.90 Å². The maximum Gasteiger partial charge on any atom is 0.0862 e. The van der Waals surface area contributed by atoms with E-state index in [2.05, 4.69) is 24.9 Å². The highest BCUT2D eigenvalue weighted by molar-refractivity contribution is 7.16. The Kier molecular flexibility index (Phi) is 1.85. The average Bonchev–Trinajstić information content (AvgIpc) is 2.39. The first-order valence-electron chi connectivity index (χ1n) is 4.27. The summed E-state index contributed by atoms with van der Waals surface area (Å²) in [5.41, 5.74) is 7.23. The van der Waals surface area contributed by atoms with Crippen molar-refractivity contribution in [2.45, 2.75) is 19.4 Å². The third kappa shape index (κ3) is 1.13. The van der Waals surface area contributed by atoms with Crippen LogP contribution in [-0.4, -0.2) is 18.5 Å². The third-order valence-corrected chi connectivity index (χ3v) is 3.81. The molecular weight excluding hydrogens is 168 g/mol. The van der Waals surface area contributed by atoms with Crippen molar-refractivity contribution in [1.82, 2.24) is 4.90 Å². The minimum absolute atomic E-state index is 0.552. The van der Waals surface area contributed by atoms with E-state index in [1.165, 1.54) is 10.4 Å². The second-order valence-electron chi connectivity index (χ2n) is 3.44. The van der Waals surface area contributed by atoms with Gasteiger partial charge in [0.05, 0.1) is 5.00 Å². The van der Waals surface area contributed by atoms with Gasteiger partial charge in [-0.1, -0.05) is 0 Å². The quantitative estimate of drug-likeness (QED) is 0.664. The lowest BCUT2D eigenvalue weighted by Gasteiger charge is -2.29. The van der Waals surface area contributed by atoms with Crippen molar-refractivity contribution < 1.29 is 0 Å². The van der Waals surface area contributed by atoms with E-state index in [9.17, 15) is 0 Å². The predicted molar refractivity (Wildman–Crippen MR) is 53.5 cm³/mol. The summed E-state index contributed by atoms with van der Waals surface area (Å²) in [6.07, 6.45) is 1.16. The normalized spacial score (nSPS) is 24.0. The van der Waals surface area contributed by atoms with E-state index >= 15 is 0 Å². The average molecular weight is 182 g/mol. The van der Waals surface area contributed by atoms with Crippen LogP contribution in [0.3, 0.4) is 0 Å². The van der Waals surface area contributed by atoms with Crippen LogP contribution in [0.15, 0.2) is 6.07 Å². The van der Waals surface area contributed by atoms with Gasteiger partial charge in [0.25, 0.3) is 0 Å². The summed E-state index contributed by atoms with van der Waals surface area (Å²) in [6, 6.07) is 2.68. The molecule has 0 aliphatic carbocycles. The maximum atomic E-state index is 5.77. The molecule has 1 aromatic heterocycles. The molecule has 1 atom stereocenters. The summed E-state index contributed by atoms with van der Waals surface area (Å²) in [4.78, 5) is 3.83. The van der Waals surface area contributed by atoms with Gasteiger partial charge >= 0.3 is 0 Å². The Hall–Kier alpha value is -0.540. The van der Waals surface area contributed by atoms with Crippen LogP contribution in [0.2, 0.25) is 0 Å². The molecule has 0 amide bonds. The first-order chi connectivity index (χ1) is 5.68. The molecule has 2 heterocycles. The van der Waals surface area contributed by atoms with Crippen LogP contribution in [0.4, 0.5) is 5.00 Å². The summed E-state index contributed by atoms with van der Waals surface area (Å²) in [6.45, 7) is 3.40. The highest BCUT2D eigenvalue weighted by atomic mass is 32.1. The van der Waals surface area contributed by atoms with Gasteiger partial charge in [-0.15, -0.1) is 11.3 Å². The second kappa shape index (κ2) is 2.75. The summed E-state index contributed by atoms with van der Waals surface area (Å²) in [5.74, 6) is 0. The standard InChI is InChI=1S/C9H14N2S/c1-6-9-7(3-4-11(6)2)5-8(10)12-9/h5-6H,3-4,10H2,1-2H3. The van der Waals surface area contributed by atoms with E-state index < -0.39 is 0 Å². The molecule has 0 saturated heterocycles. The van der Waals surface area contributed by atoms with E-state index in [4.69, 9.17) is 5.73 Å². The van der Waals surface area contributed by atoms with Crippen molar-refractivity contribution >= 4 is 16.3 Å². The minimum Gasteiger partial charge on any atom is -0.391 e. The van der Waals surface area contributed by atoms with Crippen LogP contribution in [-0.2, 0) is 6.42 Å². The van der Waals surface area contributed by atoms with E-state index in [-0.39, 0.29) is 0 Å².